The second-order valence-corrected chi connectivity index (χ2v) is 5.13. The third-order valence-corrected chi connectivity index (χ3v) is 3.65. The number of ether oxygens (including phenoxy) is 2. The van der Waals surface area contributed by atoms with Crippen molar-refractivity contribution in [2.45, 2.75) is 71.6 Å². The maximum absolute atomic E-state index is 5.68. The summed E-state index contributed by atoms with van der Waals surface area (Å²) >= 11 is 0. The first-order chi connectivity index (χ1) is 8.83. The van der Waals surface area contributed by atoms with Crippen LogP contribution >= 0.6 is 0 Å². The SMILES string of the molecule is CCCCCCCCOCC1OC1N(CC)CC. The van der Waals surface area contributed by atoms with Crippen LogP contribution in [0, 0.1) is 0 Å². The summed E-state index contributed by atoms with van der Waals surface area (Å²) < 4.78 is 11.3. The van der Waals surface area contributed by atoms with Crippen molar-refractivity contribution >= 4 is 0 Å². The van der Waals surface area contributed by atoms with Gasteiger partial charge in [0.15, 0.2) is 0 Å². The number of epoxide rings is 1. The molecule has 0 aromatic rings. The van der Waals surface area contributed by atoms with Crippen molar-refractivity contribution in [3.63, 3.8) is 0 Å². The van der Waals surface area contributed by atoms with E-state index in [4.69, 9.17) is 9.47 Å². The third kappa shape index (κ3) is 6.17. The summed E-state index contributed by atoms with van der Waals surface area (Å²) in [5.41, 5.74) is 0. The number of rotatable bonds is 12. The fraction of sp³-hybridized carbons (Fsp3) is 1.00. The quantitative estimate of drug-likeness (QED) is 0.395. The molecule has 0 spiro atoms. The van der Waals surface area contributed by atoms with Crippen LogP contribution in [-0.4, -0.2) is 43.5 Å². The average molecular weight is 257 g/mol. The van der Waals surface area contributed by atoms with Crippen molar-refractivity contribution in [3.05, 3.63) is 0 Å². The Bertz CT molecular complexity index is 195. The van der Waals surface area contributed by atoms with E-state index in [-0.39, 0.29) is 0 Å². The molecule has 1 fully saturated rings. The van der Waals surface area contributed by atoms with E-state index in [0.29, 0.717) is 12.3 Å². The van der Waals surface area contributed by atoms with Crippen LogP contribution in [0.25, 0.3) is 0 Å². The Morgan fingerprint density at radius 3 is 2.28 bits per heavy atom. The first kappa shape index (κ1) is 15.9. The fourth-order valence-corrected chi connectivity index (χ4v) is 2.34. The van der Waals surface area contributed by atoms with Gasteiger partial charge in [0.25, 0.3) is 0 Å². The second-order valence-electron chi connectivity index (χ2n) is 5.13. The molecule has 3 nitrogen and oxygen atoms in total. The molecule has 0 aromatic heterocycles. The lowest BCUT2D eigenvalue weighted by atomic mass is 10.1. The van der Waals surface area contributed by atoms with Crippen LogP contribution in [0.5, 0.6) is 0 Å². The van der Waals surface area contributed by atoms with Gasteiger partial charge < -0.3 is 9.47 Å². The molecule has 1 aliphatic rings. The second kappa shape index (κ2) is 9.76. The number of nitrogens with zero attached hydrogens (tertiary/aromatic N) is 1. The van der Waals surface area contributed by atoms with Crippen molar-refractivity contribution < 1.29 is 9.47 Å². The van der Waals surface area contributed by atoms with Crippen molar-refractivity contribution in [3.8, 4) is 0 Å². The highest BCUT2D eigenvalue weighted by atomic mass is 16.6. The van der Waals surface area contributed by atoms with Crippen LogP contribution < -0.4 is 0 Å². The minimum atomic E-state index is 0.324. The fourth-order valence-electron chi connectivity index (χ4n) is 2.34. The summed E-state index contributed by atoms with van der Waals surface area (Å²) in [6.07, 6.45) is 8.60. The van der Waals surface area contributed by atoms with E-state index in [1.807, 2.05) is 0 Å². The predicted molar refractivity (Wildman–Crippen MR) is 75.8 cm³/mol. The maximum atomic E-state index is 5.68. The van der Waals surface area contributed by atoms with Gasteiger partial charge in [-0.2, -0.15) is 0 Å². The molecule has 0 amide bonds. The highest BCUT2D eigenvalue weighted by Gasteiger charge is 2.42. The highest BCUT2D eigenvalue weighted by molar-refractivity contribution is 4.84. The Labute approximate surface area is 113 Å². The maximum Gasteiger partial charge on any atom is 0.140 e. The Hall–Kier alpha value is -0.120. The first-order valence-corrected chi connectivity index (χ1v) is 7.80. The van der Waals surface area contributed by atoms with Gasteiger partial charge >= 0.3 is 0 Å². The van der Waals surface area contributed by atoms with E-state index < -0.39 is 0 Å². The highest BCUT2D eigenvalue weighted by Crippen LogP contribution is 2.25. The predicted octanol–water partition coefficient (Wildman–Crippen LogP) is 3.43. The smallest absolute Gasteiger partial charge is 0.140 e. The Morgan fingerprint density at radius 1 is 0.944 bits per heavy atom. The molecule has 2 atom stereocenters. The molecule has 108 valence electrons. The van der Waals surface area contributed by atoms with Crippen LogP contribution in [-0.2, 0) is 9.47 Å². The van der Waals surface area contributed by atoms with Crippen LogP contribution in [0.3, 0.4) is 0 Å². The first-order valence-electron chi connectivity index (χ1n) is 7.80. The van der Waals surface area contributed by atoms with Gasteiger partial charge in [0.05, 0.1) is 6.61 Å². The van der Waals surface area contributed by atoms with Gasteiger partial charge in [0.2, 0.25) is 0 Å². The minimum absolute atomic E-state index is 0.324. The van der Waals surface area contributed by atoms with Gasteiger partial charge in [-0.05, 0) is 19.5 Å². The molecule has 0 aromatic carbocycles. The molecule has 0 aliphatic carbocycles. The summed E-state index contributed by atoms with van der Waals surface area (Å²) in [6, 6.07) is 0. The summed E-state index contributed by atoms with van der Waals surface area (Å²) in [4.78, 5) is 2.35. The molecular formula is C15H31NO2. The van der Waals surface area contributed by atoms with Gasteiger partial charge in [-0.1, -0.05) is 52.9 Å². The average Bonchev–Trinajstić information content (AvgIpc) is 3.14. The molecule has 18 heavy (non-hydrogen) atoms. The standard InChI is InChI=1S/C15H31NO2/c1-4-7-8-9-10-11-12-17-13-14-15(18-14)16(5-2)6-3/h14-15H,4-13H2,1-3H3. The van der Waals surface area contributed by atoms with Crippen LogP contribution in [0.15, 0.2) is 0 Å². The van der Waals surface area contributed by atoms with Crippen molar-refractivity contribution in [1.82, 2.24) is 4.90 Å². The van der Waals surface area contributed by atoms with Gasteiger partial charge in [-0.15, -0.1) is 0 Å². The van der Waals surface area contributed by atoms with E-state index in [1.165, 1.54) is 38.5 Å². The zero-order valence-electron chi connectivity index (χ0n) is 12.5. The molecule has 0 saturated carbocycles. The normalized spacial score (nSPS) is 22.7. The zero-order chi connectivity index (χ0) is 13.2. The lowest BCUT2D eigenvalue weighted by molar-refractivity contribution is 0.113. The van der Waals surface area contributed by atoms with E-state index in [9.17, 15) is 0 Å². The van der Waals surface area contributed by atoms with Crippen molar-refractivity contribution in [1.29, 1.82) is 0 Å². The third-order valence-electron chi connectivity index (χ3n) is 3.65. The summed E-state index contributed by atoms with van der Waals surface area (Å²) in [5.74, 6) is 0. The van der Waals surface area contributed by atoms with Gasteiger partial charge in [0, 0.05) is 6.61 Å². The van der Waals surface area contributed by atoms with E-state index in [0.717, 1.165) is 26.3 Å². The molecule has 1 rings (SSSR count). The summed E-state index contributed by atoms with van der Waals surface area (Å²) in [5, 5.41) is 0. The Kier molecular flexibility index (Phi) is 8.64. The van der Waals surface area contributed by atoms with Crippen LogP contribution in [0.4, 0.5) is 0 Å². The molecule has 1 heterocycles. The largest absolute Gasteiger partial charge is 0.379 e. The Balaban J connectivity index is 1.85. The van der Waals surface area contributed by atoms with E-state index >= 15 is 0 Å². The number of likely N-dealkylation sites (N-methyl/N-ethyl adjacent to an activating group) is 1. The lowest BCUT2D eigenvalue weighted by Gasteiger charge is -2.14. The van der Waals surface area contributed by atoms with Crippen LogP contribution in [0.1, 0.15) is 59.3 Å². The summed E-state index contributed by atoms with van der Waals surface area (Å²) in [6.45, 7) is 10.4. The van der Waals surface area contributed by atoms with E-state index in [2.05, 4.69) is 25.7 Å². The van der Waals surface area contributed by atoms with Crippen molar-refractivity contribution in [2.75, 3.05) is 26.3 Å². The van der Waals surface area contributed by atoms with Gasteiger partial charge in [0.1, 0.15) is 12.3 Å². The Morgan fingerprint density at radius 2 is 1.61 bits per heavy atom. The number of hydrogen-bond acceptors (Lipinski definition) is 3. The molecule has 0 bridgehead atoms. The molecule has 0 radical (unpaired) electrons. The zero-order valence-corrected chi connectivity index (χ0v) is 12.5. The molecule has 3 heteroatoms. The number of unbranched alkanes of at least 4 members (excludes halogenated alkanes) is 5. The molecular weight excluding hydrogens is 226 g/mol. The minimum Gasteiger partial charge on any atom is -0.379 e. The molecule has 2 unspecified atom stereocenters. The van der Waals surface area contributed by atoms with Crippen molar-refractivity contribution in [2.24, 2.45) is 0 Å². The van der Waals surface area contributed by atoms with Crippen LogP contribution in [0.2, 0.25) is 0 Å². The molecule has 1 saturated heterocycles. The summed E-state index contributed by atoms with van der Waals surface area (Å²) in [7, 11) is 0. The molecule has 0 N–H and O–H groups in total. The topological polar surface area (TPSA) is 25.0 Å². The van der Waals surface area contributed by atoms with Gasteiger partial charge in [-0.3, -0.25) is 4.90 Å². The number of hydrogen-bond donors (Lipinski definition) is 0. The van der Waals surface area contributed by atoms with E-state index in [1.54, 1.807) is 0 Å². The van der Waals surface area contributed by atoms with Gasteiger partial charge in [-0.25, -0.2) is 0 Å². The monoisotopic (exact) mass is 257 g/mol. The lowest BCUT2D eigenvalue weighted by Crippen LogP contribution is -2.28. The molecule has 1 aliphatic heterocycles.